The predicted molar refractivity (Wildman–Crippen MR) is 102 cm³/mol. The van der Waals surface area contributed by atoms with Crippen LogP contribution < -0.4 is 5.73 Å². The van der Waals surface area contributed by atoms with Crippen molar-refractivity contribution in [1.82, 2.24) is 0 Å². The molecule has 0 aliphatic carbocycles. The number of hydrogen-bond donors (Lipinski definition) is 1. The third-order valence-electron chi connectivity index (χ3n) is 3.38. The summed E-state index contributed by atoms with van der Waals surface area (Å²) in [6, 6.07) is 6.15. The van der Waals surface area contributed by atoms with E-state index in [1.807, 2.05) is 37.3 Å². The summed E-state index contributed by atoms with van der Waals surface area (Å²) in [5, 5.41) is 0. The molecule has 0 heterocycles. The van der Waals surface area contributed by atoms with Crippen LogP contribution in [0, 0.1) is 0 Å². The van der Waals surface area contributed by atoms with Crippen molar-refractivity contribution >= 4 is 20.3 Å². The first-order valence-corrected chi connectivity index (χ1v) is 10.4. The third-order valence-corrected chi connectivity index (χ3v) is 4.28. The SMILES string of the molecule is C=CC=CC(=C)C(=CC)c1cccc(CCO[SiH](C)C)c1N. The van der Waals surface area contributed by atoms with Gasteiger partial charge in [0.15, 0.2) is 9.04 Å². The maximum absolute atomic E-state index is 6.37. The Morgan fingerprint density at radius 2 is 2.09 bits per heavy atom. The Labute approximate surface area is 136 Å². The summed E-state index contributed by atoms with van der Waals surface area (Å²) in [7, 11) is -0.980. The number of benzene rings is 1. The molecule has 0 aromatic heterocycles. The lowest BCUT2D eigenvalue weighted by Crippen LogP contribution is -2.11. The average molecular weight is 314 g/mol. The molecular weight excluding hydrogens is 286 g/mol. The molecule has 1 rings (SSSR count). The van der Waals surface area contributed by atoms with E-state index >= 15 is 0 Å². The van der Waals surface area contributed by atoms with Crippen LogP contribution in [0.15, 0.2) is 61.2 Å². The van der Waals surface area contributed by atoms with Crippen LogP contribution in [-0.2, 0) is 10.8 Å². The fourth-order valence-electron chi connectivity index (χ4n) is 2.26. The van der Waals surface area contributed by atoms with Gasteiger partial charge in [-0.2, -0.15) is 0 Å². The van der Waals surface area contributed by atoms with Crippen LogP contribution in [0.25, 0.3) is 5.57 Å². The monoisotopic (exact) mass is 313 g/mol. The fourth-order valence-corrected chi connectivity index (χ4v) is 2.85. The predicted octanol–water partition coefficient (Wildman–Crippen LogP) is 4.51. The van der Waals surface area contributed by atoms with Gasteiger partial charge in [0.1, 0.15) is 0 Å². The van der Waals surface area contributed by atoms with Gasteiger partial charge < -0.3 is 10.2 Å². The van der Waals surface area contributed by atoms with Crippen LogP contribution in [0.4, 0.5) is 5.69 Å². The first-order chi connectivity index (χ1) is 10.5. The van der Waals surface area contributed by atoms with Gasteiger partial charge in [-0.25, -0.2) is 0 Å². The quantitative estimate of drug-likeness (QED) is 0.435. The molecule has 0 unspecified atom stereocenters. The zero-order valence-corrected chi connectivity index (χ0v) is 15.1. The summed E-state index contributed by atoms with van der Waals surface area (Å²) in [5.41, 5.74) is 11.3. The van der Waals surface area contributed by atoms with Crippen molar-refractivity contribution in [1.29, 1.82) is 0 Å². The lowest BCUT2D eigenvalue weighted by atomic mass is 9.94. The van der Waals surface area contributed by atoms with E-state index in [0.717, 1.165) is 41.0 Å². The van der Waals surface area contributed by atoms with Crippen molar-refractivity contribution in [3.8, 4) is 0 Å². The average Bonchev–Trinajstić information content (AvgIpc) is 2.48. The van der Waals surface area contributed by atoms with Crippen LogP contribution in [-0.4, -0.2) is 15.6 Å². The molecular formula is C19H27NOSi. The number of para-hydroxylation sites is 1. The lowest BCUT2D eigenvalue weighted by Gasteiger charge is -2.15. The van der Waals surface area contributed by atoms with Crippen molar-refractivity contribution in [2.75, 3.05) is 12.3 Å². The number of rotatable bonds is 8. The van der Waals surface area contributed by atoms with Gasteiger partial charge in [-0.15, -0.1) is 0 Å². The summed E-state index contributed by atoms with van der Waals surface area (Å²) in [6.45, 7) is 14.9. The van der Waals surface area contributed by atoms with Crippen LogP contribution >= 0.6 is 0 Å². The summed E-state index contributed by atoms with van der Waals surface area (Å²) in [6.07, 6.45) is 8.46. The van der Waals surface area contributed by atoms with Gasteiger partial charge in [-0.05, 0) is 43.1 Å². The molecule has 0 fully saturated rings. The molecule has 0 amide bonds. The first-order valence-electron chi connectivity index (χ1n) is 7.65. The summed E-state index contributed by atoms with van der Waals surface area (Å²) >= 11 is 0. The molecule has 3 heteroatoms. The van der Waals surface area contributed by atoms with Gasteiger partial charge >= 0.3 is 0 Å². The number of anilines is 1. The summed E-state index contributed by atoms with van der Waals surface area (Å²) < 4.78 is 5.76. The van der Waals surface area contributed by atoms with E-state index in [9.17, 15) is 0 Å². The third kappa shape index (κ3) is 5.17. The van der Waals surface area contributed by atoms with Crippen LogP contribution in [0.2, 0.25) is 13.1 Å². The van der Waals surface area contributed by atoms with Gasteiger partial charge in [0.05, 0.1) is 0 Å². The topological polar surface area (TPSA) is 35.2 Å². The number of allylic oxidation sites excluding steroid dienone is 6. The Kier molecular flexibility index (Phi) is 7.64. The van der Waals surface area contributed by atoms with Gasteiger partial charge in [0, 0.05) is 17.9 Å². The Balaban J connectivity index is 3.01. The fraction of sp³-hybridized carbons (Fsp3) is 0.263. The molecule has 1 aromatic rings. The Bertz CT molecular complexity index is 585. The highest BCUT2D eigenvalue weighted by atomic mass is 28.3. The van der Waals surface area contributed by atoms with Crippen molar-refractivity contribution in [2.45, 2.75) is 26.4 Å². The zero-order valence-electron chi connectivity index (χ0n) is 13.9. The Morgan fingerprint density at radius 3 is 2.68 bits per heavy atom. The highest BCUT2D eigenvalue weighted by Gasteiger charge is 2.10. The molecule has 22 heavy (non-hydrogen) atoms. The van der Waals surface area contributed by atoms with Crippen LogP contribution in [0.5, 0.6) is 0 Å². The highest BCUT2D eigenvalue weighted by Crippen LogP contribution is 2.30. The second-order valence-electron chi connectivity index (χ2n) is 5.37. The molecule has 2 N–H and O–H groups in total. The van der Waals surface area contributed by atoms with Crippen molar-refractivity contribution in [3.63, 3.8) is 0 Å². The lowest BCUT2D eigenvalue weighted by molar-refractivity contribution is 0.331. The first kappa shape index (κ1) is 18.2. The minimum absolute atomic E-state index is 0.736. The normalized spacial score (nSPS) is 12.1. The second kappa shape index (κ2) is 9.23. The van der Waals surface area contributed by atoms with E-state index in [-0.39, 0.29) is 0 Å². The summed E-state index contributed by atoms with van der Waals surface area (Å²) in [4.78, 5) is 0. The van der Waals surface area contributed by atoms with Gasteiger partial charge in [-0.1, -0.05) is 55.7 Å². The largest absolute Gasteiger partial charge is 0.420 e. The van der Waals surface area contributed by atoms with Gasteiger partial charge in [0.2, 0.25) is 0 Å². The molecule has 0 spiro atoms. The van der Waals surface area contributed by atoms with Crippen molar-refractivity contribution in [3.05, 3.63) is 72.4 Å². The zero-order chi connectivity index (χ0) is 16.5. The van der Waals surface area contributed by atoms with Gasteiger partial charge in [-0.3, -0.25) is 0 Å². The molecule has 118 valence electrons. The van der Waals surface area contributed by atoms with Crippen molar-refractivity contribution < 1.29 is 4.43 Å². The maximum Gasteiger partial charge on any atom is 0.170 e. The molecule has 0 saturated heterocycles. The molecule has 2 nitrogen and oxygen atoms in total. The molecule has 0 atom stereocenters. The number of hydrogen-bond acceptors (Lipinski definition) is 2. The van der Waals surface area contributed by atoms with Crippen molar-refractivity contribution in [2.24, 2.45) is 0 Å². The van der Waals surface area contributed by atoms with Crippen LogP contribution in [0.1, 0.15) is 18.1 Å². The molecule has 0 aliphatic rings. The molecule has 0 radical (unpaired) electrons. The Hall–Kier alpha value is -1.84. The van der Waals surface area contributed by atoms with Gasteiger partial charge in [0.25, 0.3) is 0 Å². The standard InChI is InChI=1S/C19H27NOSi/c1-6-8-10-15(3)17(7-2)18-12-9-11-16(19(18)20)13-14-21-22(4)5/h6-12,22H,1,3,13-14,20H2,2,4-5H3. The number of nitrogens with two attached hydrogens (primary N) is 1. The van der Waals surface area contributed by atoms with E-state index < -0.39 is 9.04 Å². The second-order valence-corrected chi connectivity index (χ2v) is 7.80. The molecule has 1 aromatic carbocycles. The smallest absolute Gasteiger partial charge is 0.170 e. The summed E-state index contributed by atoms with van der Waals surface area (Å²) in [5.74, 6) is 0. The molecule has 0 aliphatic heterocycles. The highest BCUT2D eigenvalue weighted by molar-refractivity contribution is 6.48. The van der Waals surface area contributed by atoms with E-state index in [4.69, 9.17) is 10.2 Å². The van der Waals surface area contributed by atoms with E-state index in [0.29, 0.717) is 0 Å². The maximum atomic E-state index is 6.37. The minimum atomic E-state index is -0.980. The minimum Gasteiger partial charge on any atom is -0.420 e. The van der Waals surface area contributed by atoms with E-state index in [2.05, 4.69) is 32.3 Å². The van der Waals surface area contributed by atoms with E-state index in [1.165, 1.54) is 0 Å². The molecule has 0 bridgehead atoms. The Morgan fingerprint density at radius 1 is 1.36 bits per heavy atom. The molecule has 0 saturated carbocycles. The van der Waals surface area contributed by atoms with Crippen LogP contribution in [0.3, 0.4) is 0 Å². The van der Waals surface area contributed by atoms with E-state index in [1.54, 1.807) is 6.08 Å². The number of nitrogen functional groups attached to an aromatic ring is 1.